The van der Waals surface area contributed by atoms with Crippen LogP contribution >= 0.6 is 0 Å². The van der Waals surface area contributed by atoms with Gasteiger partial charge >= 0.3 is 11.9 Å². The highest BCUT2D eigenvalue weighted by Crippen LogP contribution is 2.13. The second kappa shape index (κ2) is 35.9. The molecule has 5 heteroatoms. The Morgan fingerprint density at radius 3 is 1.02 bits per heavy atom. The summed E-state index contributed by atoms with van der Waals surface area (Å²) in [6.45, 7) is 27.9. The Labute approximate surface area is 321 Å². The van der Waals surface area contributed by atoms with Gasteiger partial charge in [-0.1, -0.05) is 92.7 Å². The highest BCUT2D eigenvalue weighted by molar-refractivity contribution is 5.80. The minimum atomic E-state index is -0.855. The number of esters is 1. The number of carbonyl (C=O) groups is 2. The Balaban J connectivity index is -0.000000695. The summed E-state index contributed by atoms with van der Waals surface area (Å²) in [5.74, 6) is -1.08. The Hall–Kier alpha value is -3.44. The van der Waals surface area contributed by atoms with Crippen LogP contribution < -0.4 is 5.73 Å². The molecule has 0 aromatic rings. The molecule has 0 aliphatic rings. The van der Waals surface area contributed by atoms with Crippen molar-refractivity contribution in [1.82, 2.24) is 0 Å². The van der Waals surface area contributed by atoms with Gasteiger partial charge in [-0.05, 0) is 166 Å². The van der Waals surface area contributed by atoms with E-state index in [9.17, 15) is 9.59 Å². The first-order valence-corrected chi connectivity index (χ1v) is 19.3. The molecule has 0 bridgehead atoms. The Morgan fingerprint density at radius 2 is 0.731 bits per heavy atom. The number of rotatable bonds is 22. The van der Waals surface area contributed by atoms with Gasteiger partial charge in [-0.3, -0.25) is 4.79 Å². The first kappa shape index (κ1) is 52.9. The molecule has 296 valence electrons. The zero-order valence-corrected chi connectivity index (χ0v) is 35.8. The number of aliphatic carboxylic acids is 1. The molecule has 0 fully saturated rings. The molecule has 0 aromatic carbocycles. The van der Waals surface area contributed by atoms with Crippen molar-refractivity contribution in [1.29, 1.82) is 0 Å². The molecule has 52 heavy (non-hydrogen) atoms. The smallest absolute Gasteiger partial charge is 0.328 e. The summed E-state index contributed by atoms with van der Waals surface area (Å²) in [4.78, 5) is 21.0. The Morgan fingerprint density at radius 1 is 0.442 bits per heavy atom. The third-order valence-electron chi connectivity index (χ3n) is 7.92. The molecule has 0 unspecified atom stereocenters. The van der Waals surface area contributed by atoms with Crippen molar-refractivity contribution < 1.29 is 19.4 Å². The predicted octanol–water partition coefficient (Wildman–Crippen LogP) is 13.8. The summed E-state index contributed by atoms with van der Waals surface area (Å²) in [5, 5.41) is 8.56. The fraction of sp³-hybridized carbons (Fsp3) is 0.574. The standard InChI is InChI=1S/C17H28O2.C15H27N.C15H24O2/c1-14(2)8-6-9-15(3)10-7-11-16(4)12-13-19-17(5)18;1-13(2)7-5-8-14(3)9-6-10-15(4)11-12-16;1-12(2)7-5-8-13(3)9-6-10-14(4)11-15(16)17/h8,10,12H,6-7,9,11,13H2,1-5H3;7,9,11H,5-6,8,10,12,16H2,1-4H3;7,9,11H,5-6,8,10H2,1-4H3,(H,16,17)/b15-10+,16-12+;14-9+,15-11+;13-9+,14-11+. The number of carboxylic acids is 1. The van der Waals surface area contributed by atoms with E-state index in [1.165, 1.54) is 70.4 Å². The van der Waals surface area contributed by atoms with Crippen LogP contribution in [0, 0.1) is 0 Å². The van der Waals surface area contributed by atoms with Gasteiger partial charge < -0.3 is 15.6 Å². The first-order valence-electron chi connectivity index (χ1n) is 19.3. The lowest BCUT2D eigenvalue weighted by Crippen LogP contribution is -1.98. The lowest BCUT2D eigenvalue weighted by atomic mass is 10.1. The number of carboxylic acid groups (broad SMARTS) is 1. The van der Waals surface area contributed by atoms with Crippen molar-refractivity contribution in [2.45, 2.75) is 167 Å². The maximum atomic E-state index is 10.6. The summed E-state index contributed by atoms with van der Waals surface area (Å²) in [5.41, 5.74) is 17.5. The molecule has 0 radical (unpaired) electrons. The lowest BCUT2D eigenvalue weighted by Gasteiger charge is -2.02. The van der Waals surface area contributed by atoms with Gasteiger partial charge in [-0.2, -0.15) is 0 Å². The van der Waals surface area contributed by atoms with Crippen LogP contribution in [0.4, 0.5) is 0 Å². The predicted molar refractivity (Wildman–Crippen MR) is 230 cm³/mol. The molecule has 0 aliphatic carbocycles. The van der Waals surface area contributed by atoms with Crippen molar-refractivity contribution in [2.75, 3.05) is 13.2 Å². The van der Waals surface area contributed by atoms with Crippen molar-refractivity contribution in [3.8, 4) is 0 Å². The zero-order chi connectivity index (χ0) is 40.3. The van der Waals surface area contributed by atoms with E-state index in [2.05, 4.69) is 119 Å². The molecule has 0 rings (SSSR count). The van der Waals surface area contributed by atoms with E-state index < -0.39 is 5.97 Å². The van der Waals surface area contributed by atoms with Gasteiger partial charge in [0.1, 0.15) is 6.61 Å². The molecular weight excluding hydrogens is 643 g/mol. The number of carbonyl (C=O) groups excluding carboxylic acids is 1. The van der Waals surface area contributed by atoms with Crippen molar-refractivity contribution in [3.63, 3.8) is 0 Å². The van der Waals surface area contributed by atoms with E-state index in [1.807, 2.05) is 13.0 Å². The van der Waals surface area contributed by atoms with Crippen LogP contribution in [0.5, 0.6) is 0 Å². The largest absolute Gasteiger partial charge is 0.478 e. The molecule has 0 atom stereocenters. The number of hydrogen-bond acceptors (Lipinski definition) is 4. The molecule has 0 spiro atoms. The second-order valence-corrected chi connectivity index (χ2v) is 14.7. The van der Waals surface area contributed by atoms with Crippen LogP contribution in [0.3, 0.4) is 0 Å². The van der Waals surface area contributed by atoms with Crippen LogP contribution in [0.15, 0.2) is 105 Å². The summed E-state index contributed by atoms with van der Waals surface area (Å²) >= 11 is 0. The van der Waals surface area contributed by atoms with Gasteiger partial charge in [0.25, 0.3) is 0 Å². The molecule has 0 aliphatic heterocycles. The fourth-order valence-corrected chi connectivity index (χ4v) is 4.70. The monoisotopic (exact) mass is 722 g/mol. The van der Waals surface area contributed by atoms with Crippen LogP contribution in [0.1, 0.15) is 167 Å². The molecule has 3 N–H and O–H groups in total. The van der Waals surface area contributed by atoms with Crippen molar-refractivity contribution >= 4 is 11.9 Å². The summed E-state index contributed by atoms with van der Waals surface area (Å²) in [7, 11) is 0. The summed E-state index contributed by atoms with van der Waals surface area (Å²) < 4.78 is 4.88. The molecule has 0 amide bonds. The number of nitrogens with two attached hydrogens (primary N) is 1. The van der Waals surface area contributed by atoms with Crippen molar-refractivity contribution in [2.24, 2.45) is 5.73 Å². The Kier molecular flexibility index (Phi) is 36.6. The van der Waals surface area contributed by atoms with E-state index >= 15 is 0 Å². The van der Waals surface area contributed by atoms with E-state index in [-0.39, 0.29) is 5.97 Å². The molecular formula is C47H79NO4. The highest BCUT2D eigenvalue weighted by Gasteiger charge is 1.96. The minimum Gasteiger partial charge on any atom is -0.478 e. The number of allylic oxidation sites excluding steroid dienone is 15. The zero-order valence-electron chi connectivity index (χ0n) is 35.8. The molecule has 0 heterocycles. The third kappa shape index (κ3) is 46.6. The van der Waals surface area contributed by atoms with Crippen LogP contribution in [-0.2, 0) is 14.3 Å². The van der Waals surface area contributed by atoms with E-state index in [4.69, 9.17) is 15.6 Å². The number of hydrogen-bond donors (Lipinski definition) is 2. The maximum Gasteiger partial charge on any atom is 0.328 e. The van der Waals surface area contributed by atoms with Gasteiger partial charge in [-0.15, -0.1) is 0 Å². The van der Waals surface area contributed by atoms with E-state index in [0.717, 1.165) is 69.8 Å². The number of ether oxygens (including phenoxy) is 1. The second-order valence-electron chi connectivity index (χ2n) is 14.7. The fourth-order valence-electron chi connectivity index (χ4n) is 4.70. The average molecular weight is 722 g/mol. The molecule has 0 saturated heterocycles. The lowest BCUT2D eigenvalue weighted by molar-refractivity contribution is -0.139. The third-order valence-corrected chi connectivity index (χ3v) is 7.92. The average Bonchev–Trinajstić information content (AvgIpc) is 3.01. The molecule has 0 aromatic heterocycles. The van der Waals surface area contributed by atoms with Gasteiger partial charge in [-0.25, -0.2) is 4.79 Å². The van der Waals surface area contributed by atoms with Crippen LogP contribution in [0.2, 0.25) is 0 Å². The molecule has 5 nitrogen and oxygen atoms in total. The maximum absolute atomic E-state index is 10.6. The van der Waals surface area contributed by atoms with E-state index in [0.29, 0.717) is 13.2 Å². The quantitative estimate of drug-likeness (QED) is 0.0660. The molecule has 0 saturated carbocycles. The topological polar surface area (TPSA) is 89.6 Å². The van der Waals surface area contributed by atoms with Crippen LogP contribution in [-0.4, -0.2) is 30.2 Å². The first-order chi connectivity index (χ1) is 24.4. The highest BCUT2D eigenvalue weighted by atomic mass is 16.5. The van der Waals surface area contributed by atoms with Gasteiger partial charge in [0.05, 0.1) is 0 Å². The van der Waals surface area contributed by atoms with Gasteiger partial charge in [0.15, 0.2) is 0 Å². The SMILES string of the molecule is CC(=O)OC/C=C(\C)CC/C=C(\C)CCC=C(C)C.CC(C)=CCC/C(C)=C/CC/C(C)=C/C(=O)O.CC(C)=CCC/C(C)=C/CC/C(C)=C/CN. The minimum absolute atomic E-state index is 0.223. The van der Waals surface area contributed by atoms with Gasteiger partial charge in [0, 0.05) is 19.5 Å². The normalized spacial score (nSPS) is 12.5. The van der Waals surface area contributed by atoms with Gasteiger partial charge in [0.2, 0.25) is 0 Å². The van der Waals surface area contributed by atoms with E-state index in [1.54, 1.807) is 0 Å². The Bertz CT molecular complexity index is 1270. The van der Waals surface area contributed by atoms with Crippen molar-refractivity contribution in [3.05, 3.63) is 105 Å². The summed E-state index contributed by atoms with van der Waals surface area (Å²) in [6.07, 6.45) is 32.0. The van der Waals surface area contributed by atoms with Crippen LogP contribution in [0.25, 0.3) is 0 Å². The summed E-state index contributed by atoms with van der Waals surface area (Å²) in [6, 6.07) is 0.